The molecule has 0 aliphatic heterocycles. The second-order valence-corrected chi connectivity index (χ2v) is 6.97. The van der Waals surface area contributed by atoms with Gasteiger partial charge in [0.05, 0.1) is 23.9 Å². The number of carbonyl (C=O) groups excluding carboxylic acids is 1. The first-order valence-corrected chi connectivity index (χ1v) is 8.35. The summed E-state index contributed by atoms with van der Waals surface area (Å²) >= 11 is 5.96. The number of hydrogen-bond acceptors (Lipinski definition) is 3. The number of nitrogens with one attached hydrogen (secondary N) is 1. The molecule has 0 saturated carbocycles. The maximum atomic E-state index is 12.3. The van der Waals surface area contributed by atoms with E-state index in [1.165, 1.54) is 0 Å². The minimum Gasteiger partial charge on any atom is -0.386 e. The van der Waals surface area contributed by atoms with E-state index in [0.29, 0.717) is 10.7 Å². The van der Waals surface area contributed by atoms with Crippen LogP contribution in [0, 0.1) is 0 Å². The Morgan fingerprint density at radius 1 is 1.20 bits per heavy atom. The summed E-state index contributed by atoms with van der Waals surface area (Å²) in [7, 11) is 0. The SMILES string of the molecule is CC(C)(O)c1ccc2c(NC(=O)Cc3cccc(Cl)c3)cncc2c1. The molecule has 0 spiro atoms. The summed E-state index contributed by atoms with van der Waals surface area (Å²) in [5.74, 6) is -0.136. The van der Waals surface area contributed by atoms with Crippen molar-refractivity contribution in [2.75, 3.05) is 5.32 Å². The van der Waals surface area contributed by atoms with Gasteiger partial charge in [-0.15, -0.1) is 0 Å². The molecule has 1 amide bonds. The van der Waals surface area contributed by atoms with Crippen LogP contribution in [-0.2, 0) is 16.8 Å². The molecule has 3 aromatic rings. The quantitative estimate of drug-likeness (QED) is 0.734. The van der Waals surface area contributed by atoms with Gasteiger partial charge in [0.2, 0.25) is 5.91 Å². The monoisotopic (exact) mass is 354 g/mol. The zero-order valence-electron chi connectivity index (χ0n) is 14.1. The average molecular weight is 355 g/mol. The van der Waals surface area contributed by atoms with Crippen LogP contribution >= 0.6 is 11.6 Å². The largest absolute Gasteiger partial charge is 0.386 e. The summed E-state index contributed by atoms with van der Waals surface area (Å²) < 4.78 is 0. The number of amides is 1. The topological polar surface area (TPSA) is 62.2 Å². The third kappa shape index (κ3) is 4.16. The average Bonchev–Trinajstić information content (AvgIpc) is 2.53. The van der Waals surface area contributed by atoms with Crippen molar-refractivity contribution in [3.05, 3.63) is 71.0 Å². The molecular formula is C20H19ClN2O2. The molecule has 1 heterocycles. The number of benzene rings is 2. The standard InChI is InChI=1S/C20H19ClN2O2/c1-20(2,25)15-6-7-17-14(10-15)11-22-12-18(17)23-19(24)9-13-4-3-5-16(21)8-13/h3-8,10-12,25H,9H2,1-2H3,(H,23,24). The molecule has 128 valence electrons. The Balaban J connectivity index is 1.85. The van der Waals surface area contributed by atoms with Crippen LogP contribution in [0.25, 0.3) is 10.8 Å². The van der Waals surface area contributed by atoms with E-state index in [1.54, 1.807) is 38.4 Å². The molecule has 4 nitrogen and oxygen atoms in total. The van der Waals surface area contributed by atoms with E-state index in [4.69, 9.17) is 11.6 Å². The lowest BCUT2D eigenvalue weighted by Gasteiger charge is -2.18. The van der Waals surface area contributed by atoms with Crippen molar-refractivity contribution in [1.82, 2.24) is 4.98 Å². The van der Waals surface area contributed by atoms with Crippen molar-refractivity contribution in [2.24, 2.45) is 0 Å². The highest BCUT2D eigenvalue weighted by Gasteiger charge is 2.17. The number of anilines is 1. The van der Waals surface area contributed by atoms with Crippen LogP contribution in [0.4, 0.5) is 5.69 Å². The second-order valence-electron chi connectivity index (χ2n) is 6.54. The first-order valence-electron chi connectivity index (χ1n) is 7.98. The van der Waals surface area contributed by atoms with Gasteiger partial charge < -0.3 is 10.4 Å². The first-order chi connectivity index (χ1) is 11.8. The second kappa shape index (κ2) is 6.82. The van der Waals surface area contributed by atoms with Crippen LogP contribution < -0.4 is 5.32 Å². The van der Waals surface area contributed by atoms with E-state index in [9.17, 15) is 9.90 Å². The molecule has 3 rings (SSSR count). The molecule has 0 atom stereocenters. The zero-order valence-corrected chi connectivity index (χ0v) is 14.8. The van der Waals surface area contributed by atoms with E-state index in [2.05, 4.69) is 10.3 Å². The number of hydrogen-bond donors (Lipinski definition) is 2. The van der Waals surface area contributed by atoms with Gasteiger partial charge in [-0.3, -0.25) is 9.78 Å². The van der Waals surface area contributed by atoms with Gasteiger partial charge in [-0.25, -0.2) is 0 Å². The van der Waals surface area contributed by atoms with Gasteiger partial charge in [0.15, 0.2) is 0 Å². The van der Waals surface area contributed by atoms with Gasteiger partial charge in [0, 0.05) is 22.0 Å². The Kier molecular flexibility index (Phi) is 4.75. The van der Waals surface area contributed by atoms with Crippen LogP contribution in [-0.4, -0.2) is 16.0 Å². The smallest absolute Gasteiger partial charge is 0.228 e. The fourth-order valence-electron chi connectivity index (χ4n) is 2.68. The highest BCUT2D eigenvalue weighted by molar-refractivity contribution is 6.30. The Bertz CT molecular complexity index is 932. The molecule has 2 aromatic carbocycles. The lowest BCUT2D eigenvalue weighted by atomic mass is 9.96. The van der Waals surface area contributed by atoms with Crippen molar-refractivity contribution in [3.8, 4) is 0 Å². The van der Waals surface area contributed by atoms with Crippen molar-refractivity contribution < 1.29 is 9.90 Å². The molecule has 0 aliphatic carbocycles. The van der Waals surface area contributed by atoms with E-state index >= 15 is 0 Å². The molecule has 0 fully saturated rings. The number of nitrogens with zero attached hydrogens (tertiary/aromatic N) is 1. The predicted molar refractivity (Wildman–Crippen MR) is 101 cm³/mol. The Hall–Kier alpha value is -2.43. The summed E-state index contributed by atoms with van der Waals surface area (Å²) in [6.07, 6.45) is 3.58. The summed E-state index contributed by atoms with van der Waals surface area (Å²) in [6, 6.07) is 12.9. The number of rotatable bonds is 4. The van der Waals surface area contributed by atoms with Gasteiger partial charge >= 0.3 is 0 Å². The molecule has 1 aromatic heterocycles. The number of aliphatic hydroxyl groups is 1. The van der Waals surface area contributed by atoms with Crippen molar-refractivity contribution in [3.63, 3.8) is 0 Å². The van der Waals surface area contributed by atoms with Crippen LogP contribution in [0.15, 0.2) is 54.9 Å². The van der Waals surface area contributed by atoms with Gasteiger partial charge in [-0.2, -0.15) is 0 Å². The molecular weight excluding hydrogens is 336 g/mol. The van der Waals surface area contributed by atoms with Gasteiger partial charge in [-0.1, -0.05) is 35.9 Å². The molecule has 0 unspecified atom stereocenters. The van der Waals surface area contributed by atoms with Crippen LogP contribution in [0.1, 0.15) is 25.0 Å². The Morgan fingerprint density at radius 2 is 2.00 bits per heavy atom. The Labute approximate surface area is 151 Å². The lowest BCUT2D eigenvalue weighted by Crippen LogP contribution is -2.16. The number of pyridine rings is 1. The van der Waals surface area contributed by atoms with E-state index in [0.717, 1.165) is 21.9 Å². The molecule has 0 aliphatic rings. The number of carbonyl (C=O) groups is 1. The van der Waals surface area contributed by atoms with Crippen LogP contribution in [0.2, 0.25) is 5.02 Å². The molecule has 0 bridgehead atoms. The summed E-state index contributed by atoms with van der Waals surface area (Å²) in [5.41, 5.74) is 1.36. The first kappa shape index (κ1) is 17.4. The van der Waals surface area contributed by atoms with Crippen molar-refractivity contribution >= 4 is 34.0 Å². The normalized spacial score (nSPS) is 11.5. The Morgan fingerprint density at radius 3 is 2.72 bits per heavy atom. The molecule has 5 heteroatoms. The fraction of sp³-hybridized carbons (Fsp3) is 0.200. The van der Waals surface area contributed by atoms with Crippen molar-refractivity contribution in [1.29, 1.82) is 0 Å². The lowest BCUT2D eigenvalue weighted by molar-refractivity contribution is -0.115. The molecule has 0 saturated heterocycles. The van der Waals surface area contributed by atoms with Crippen molar-refractivity contribution in [2.45, 2.75) is 25.9 Å². The third-order valence-corrected chi connectivity index (χ3v) is 4.23. The van der Waals surface area contributed by atoms with Crippen LogP contribution in [0.3, 0.4) is 0 Å². The molecule has 0 radical (unpaired) electrons. The summed E-state index contributed by atoms with van der Waals surface area (Å²) in [4.78, 5) is 16.5. The van der Waals surface area contributed by atoms with E-state index < -0.39 is 5.60 Å². The summed E-state index contributed by atoms with van der Waals surface area (Å²) in [6.45, 7) is 3.47. The van der Waals surface area contributed by atoms with Gasteiger partial charge in [0.25, 0.3) is 0 Å². The van der Waals surface area contributed by atoms with Crippen LogP contribution in [0.5, 0.6) is 0 Å². The molecule has 2 N–H and O–H groups in total. The third-order valence-electron chi connectivity index (χ3n) is 3.99. The highest BCUT2D eigenvalue weighted by Crippen LogP contribution is 2.28. The fourth-order valence-corrected chi connectivity index (χ4v) is 2.90. The minimum absolute atomic E-state index is 0.136. The maximum absolute atomic E-state index is 12.3. The number of halogens is 1. The molecule has 25 heavy (non-hydrogen) atoms. The van der Waals surface area contributed by atoms with E-state index in [-0.39, 0.29) is 12.3 Å². The predicted octanol–water partition coefficient (Wildman–Crippen LogP) is 4.30. The zero-order chi connectivity index (χ0) is 18.0. The maximum Gasteiger partial charge on any atom is 0.228 e. The number of fused-ring (bicyclic) bond motifs is 1. The van der Waals surface area contributed by atoms with Gasteiger partial charge in [0.1, 0.15) is 0 Å². The minimum atomic E-state index is -0.931. The number of aromatic nitrogens is 1. The van der Waals surface area contributed by atoms with E-state index in [1.807, 2.05) is 30.3 Å². The van der Waals surface area contributed by atoms with Gasteiger partial charge in [-0.05, 0) is 43.2 Å². The highest BCUT2D eigenvalue weighted by atomic mass is 35.5. The summed E-state index contributed by atoms with van der Waals surface area (Å²) in [5, 5.41) is 15.4.